The molecule has 1 aromatic rings. The Morgan fingerprint density at radius 1 is 1.14 bits per heavy atom. The van der Waals surface area contributed by atoms with Gasteiger partial charge in [-0.3, -0.25) is 9.89 Å². The molecule has 0 radical (unpaired) electrons. The standard InChI is InChI=1S/C22H33F3N4/c1-3-26-21(27-13-18-9-11-28(15-18)16-22(23,24)25)29-12-10-20(17(2)14-29)19-7-5-4-6-8-19/h4-8,17-18,20H,3,9-16H2,1-2H3,(H,26,27). The highest BCUT2D eigenvalue weighted by atomic mass is 19.4. The maximum atomic E-state index is 12.6. The van der Waals surface area contributed by atoms with Crippen molar-refractivity contribution in [3.8, 4) is 0 Å². The Balaban J connectivity index is 1.56. The lowest BCUT2D eigenvalue weighted by Gasteiger charge is -2.39. The number of alkyl halides is 3. The molecule has 3 unspecified atom stereocenters. The van der Waals surface area contributed by atoms with Crippen LogP contribution in [0.5, 0.6) is 0 Å². The summed E-state index contributed by atoms with van der Waals surface area (Å²) in [6, 6.07) is 10.7. The molecule has 29 heavy (non-hydrogen) atoms. The van der Waals surface area contributed by atoms with Gasteiger partial charge in [-0.15, -0.1) is 0 Å². The molecule has 2 saturated heterocycles. The van der Waals surface area contributed by atoms with E-state index >= 15 is 0 Å². The quantitative estimate of drug-likeness (QED) is 0.589. The summed E-state index contributed by atoms with van der Waals surface area (Å²) in [7, 11) is 0. The lowest BCUT2D eigenvalue weighted by molar-refractivity contribution is -0.143. The van der Waals surface area contributed by atoms with Gasteiger partial charge in [0.25, 0.3) is 0 Å². The first kappa shape index (κ1) is 21.9. The molecule has 2 aliphatic rings. The predicted molar refractivity (Wildman–Crippen MR) is 111 cm³/mol. The van der Waals surface area contributed by atoms with E-state index in [1.54, 1.807) is 0 Å². The van der Waals surface area contributed by atoms with Crippen LogP contribution in [-0.4, -0.2) is 67.7 Å². The van der Waals surface area contributed by atoms with Gasteiger partial charge in [-0.25, -0.2) is 0 Å². The fraction of sp³-hybridized carbons (Fsp3) is 0.682. The molecule has 7 heteroatoms. The highest BCUT2D eigenvalue weighted by Crippen LogP contribution is 2.32. The Morgan fingerprint density at radius 3 is 2.55 bits per heavy atom. The number of benzene rings is 1. The van der Waals surface area contributed by atoms with Crippen LogP contribution >= 0.6 is 0 Å². The van der Waals surface area contributed by atoms with Gasteiger partial charge < -0.3 is 10.2 Å². The predicted octanol–water partition coefficient (Wildman–Crippen LogP) is 3.96. The molecule has 2 fully saturated rings. The van der Waals surface area contributed by atoms with E-state index in [2.05, 4.69) is 54.4 Å². The Hall–Kier alpha value is -1.76. The number of aliphatic imine (C=N–C) groups is 1. The number of guanidine groups is 1. The van der Waals surface area contributed by atoms with Gasteiger partial charge in [-0.05, 0) is 49.6 Å². The first-order valence-electron chi connectivity index (χ1n) is 10.7. The second kappa shape index (κ2) is 9.83. The lowest BCUT2D eigenvalue weighted by Crippen LogP contribution is -2.48. The summed E-state index contributed by atoms with van der Waals surface area (Å²) in [4.78, 5) is 8.62. The molecule has 2 heterocycles. The van der Waals surface area contributed by atoms with E-state index < -0.39 is 12.7 Å². The molecular weight excluding hydrogens is 377 g/mol. The topological polar surface area (TPSA) is 30.9 Å². The van der Waals surface area contributed by atoms with Crippen molar-refractivity contribution >= 4 is 5.96 Å². The van der Waals surface area contributed by atoms with Gasteiger partial charge in [0.15, 0.2) is 5.96 Å². The zero-order valence-electron chi connectivity index (χ0n) is 17.5. The zero-order chi connectivity index (χ0) is 20.9. The third-order valence-electron chi connectivity index (χ3n) is 6.04. The number of nitrogens with one attached hydrogen (secondary N) is 1. The van der Waals surface area contributed by atoms with Crippen LogP contribution in [0.2, 0.25) is 0 Å². The van der Waals surface area contributed by atoms with E-state index in [0.29, 0.717) is 31.5 Å². The van der Waals surface area contributed by atoms with Crippen molar-refractivity contribution in [2.24, 2.45) is 16.8 Å². The summed E-state index contributed by atoms with van der Waals surface area (Å²) in [5, 5.41) is 3.38. The normalized spacial score (nSPS) is 26.7. The second-order valence-electron chi connectivity index (χ2n) is 8.43. The van der Waals surface area contributed by atoms with Gasteiger partial charge in [0.05, 0.1) is 6.54 Å². The summed E-state index contributed by atoms with van der Waals surface area (Å²) in [5.74, 6) is 2.18. The van der Waals surface area contributed by atoms with Crippen molar-refractivity contribution in [1.82, 2.24) is 15.1 Å². The Bertz CT molecular complexity index is 662. The van der Waals surface area contributed by atoms with Crippen LogP contribution in [-0.2, 0) is 0 Å². The van der Waals surface area contributed by atoms with Gasteiger partial charge in [0, 0.05) is 32.7 Å². The highest BCUT2D eigenvalue weighted by Gasteiger charge is 2.34. The summed E-state index contributed by atoms with van der Waals surface area (Å²) in [6.45, 7) is 7.79. The number of rotatable bonds is 5. The maximum Gasteiger partial charge on any atom is 0.401 e. The molecule has 1 aromatic carbocycles. The Morgan fingerprint density at radius 2 is 1.90 bits per heavy atom. The minimum absolute atomic E-state index is 0.199. The molecule has 3 atom stereocenters. The number of halogens is 3. The average Bonchev–Trinajstić information content (AvgIpc) is 3.11. The van der Waals surface area contributed by atoms with Gasteiger partial charge in [0.2, 0.25) is 0 Å². The molecule has 4 nitrogen and oxygen atoms in total. The van der Waals surface area contributed by atoms with E-state index in [4.69, 9.17) is 4.99 Å². The van der Waals surface area contributed by atoms with Gasteiger partial charge in [-0.2, -0.15) is 13.2 Å². The van der Waals surface area contributed by atoms with Crippen LogP contribution in [0.4, 0.5) is 13.2 Å². The molecule has 3 rings (SSSR count). The van der Waals surface area contributed by atoms with Crippen molar-refractivity contribution in [3.05, 3.63) is 35.9 Å². The number of piperidine rings is 1. The molecule has 2 aliphatic heterocycles. The van der Waals surface area contributed by atoms with Crippen LogP contribution < -0.4 is 5.32 Å². The van der Waals surface area contributed by atoms with Crippen molar-refractivity contribution in [2.75, 3.05) is 45.8 Å². The SMILES string of the molecule is CCNC(=NCC1CCN(CC(F)(F)F)C1)N1CCC(c2ccccc2)C(C)C1. The van der Waals surface area contributed by atoms with Crippen LogP contribution in [0.25, 0.3) is 0 Å². The minimum atomic E-state index is -4.12. The van der Waals surface area contributed by atoms with Crippen LogP contribution in [0, 0.1) is 11.8 Å². The Kier molecular flexibility index (Phi) is 7.44. The maximum absolute atomic E-state index is 12.6. The average molecular weight is 411 g/mol. The van der Waals surface area contributed by atoms with Crippen molar-refractivity contribution in [1.29, 1.82) is 0 Å². The Labute approximate surface area is 172 Å². The molecule has 0 bridgehead atoms. The summed E-state index contributed by atoms with van der Waals surface area (Å²) in [5.41, 5.74) is 1.40. The minimum Gasteiger partial charge on any atom is -0.357 e. The van der Waals surface area contributed by atoms with Gasteiger partial charge >= 0.3 is 6.18 Å². The third kappa shape index (κ3) is 6.36. The summed E-state index contributed by atoms with van der Waals surface area (Å²) < 4.78 is 37.8. The monoisotopic (exact) mass is 410 g/mol. The number of nitrogens with zero attached hydrogens (tertiary/aromatic N) is 3. The lowest BCUT2D eigenvalue weighted by atomic mass is 9.82. The molecule has 0 saturated carbocycles. The third-order valence-corrected chi connectivity index (χ3v) is 6.04. The van der Waals surface area contributed by atoms with Crippen molar-refractivity contribution in [3.63, 3.8) is 0 Å². The van der Waals surface area contributed by atoms with E-state index in [1.807, 2.05) is 0 Å². The van der Waals surface area contributed by atoms with Crippen LogP contribution in [0.15, 0.2) is 35.3 Å². The van der Waals surface area contributed by atoms with Crippen LogP contribution in [0.3, 0.4) is 0 Å². The number of likely N-dealkylation sites (tertiary alicyclic amines) is 2. The second-order valence-corrected chi connectivity index (χ2v) is 8.43. The molecular formula is C22H33F3N4. The molecule has 0 aromatic heterocycles. The van der Waals surface area contributed by atoms with Crippen molar-refractivity contribution < 1.29 is 13.2 Å². The van der Waals surface area contributed by atoms with E-state index in [-0.39, 0.29) is 5.92 Å². The summed E-state index contributed by atoms with van der Waals surface area (Å²) >= 11 is 0. The van der Waals surface area contributed by atoms with Gasteiger partial charge in [-0.1, -0.05) is 37.3 Å². The molecule has 162 valence electrons. The largest absolute Gasteiger partial charge is 0.401 e. The molecule has 0 amide bonds. The molecule has 1 N–H and O–H groups in total. The number of hydrogen-bond donors (Lipinski definition) is 1. The molecule has 0 spiro atoms. The summed E-state index contributed by atoms with van der Waals surface area (Å²) in [6.07, 6.45) is -2.25. The zero-order valence-corrected chi connectivity index (χ0v) is 17.5. The van der Waals surface area contributed by atoms with E-state index in [1.165, 1.54) is 10.5 Å². The fourth-order valence-corrected chi connectivity index (χ4v) is 4.63. The van der Waals surface area contributed by atoms with Crippen LogP contribution in [0.1, 0.15) is 38.2 Å². The van der Waals surface area contributed by atoms with Gasteiger partial charge in [0.1, 0.15) is 0 Å². The fourth-order valence-electron chi connectivity index (χ4n) is 4.63. The highest BCUT2D eigenvalue weighted by molar-refractivity contribution is 5.80. The number of hydrogen-bond acceptors (Lipinski definition) is 2. The smallest absolute Gasteiger partial charge is 0.357 e. The van der Waals surface area contributed by atoms with E-state index in [0.717, 1.165) is 38.4 Å². The first-order chi connectivity index (χ1) is 13.9. The van der Waals surface area contributed by atoms with Crippen molar-refractivity contribution in [2.45, 2.75) is 38.8 Å². The van der Waals surface area contributed by atoms with E-state index in [9.17, 15) is 13.2 Å². The first-order valence-corrected chi connectivity index (χ1v) is 10.7. The molecule has 0 aliphatic carbocycles.